The van der Waals surface area contributed by atoms with Crippen LogP contribution in [0.4, 0.5) is 17.1 Å². The molecule has 0 spiro atoms. The Kier molecular flexibility index (Phi) is 5.32. The number of ether oxygens (including phenoxy) is 1. The highest BCUT2D eigenvalue weighted by Gasteiger charge is 2.32. The molecule has 24 heavy (non-hydrogen) atoms. The fraction of sp³-hybridized carbons (Fsp3) is 0.533. The molecule has 0 N–H and O–H groups in total. The fourth-order valence-electron chi connectivity index (χ4n) is 2.73. The maximum Gasteiger partial charge on any atom is 0.341 e. The van der Waals surface area contributed by atoms with Gasteiger partial charge in [-0.3, -0.25) is 20.2 Å². The predicted octanol–water partition coefficient (Wildman–Crippen LogP) is 3.06. The maximum atomic E-state index is 12.4. The van der Waals surface area contributed by atoms with Crippen LogP contribution in [0.25, 0.3) is 0 Å². The number of carbonyl (C=O) groups excluding carboxylic acids is 1. The number of esters is 1. The van der Waals surface area contributed by atoms with Crippen LogP contribution in [0.2, 0.25) is 0 Å². The minimum absolute atomic E-state index is 0.107. The topological polar surface area (TPSA) is 116 Å². The van der Waals surface area contributed by atoms with E-state index in [0.717, 1.165) is 31.4 Å². The van der Waals surface area contributed by atoms with Crippen LogP contribution in [0.5, 0.6) is 0 Å². The van der Waals surface area contributed by atoms with Gasteiger partial charge in [-0.1, -0.05) is 0 Å². The number of rotatable bonds is 5. The molecule has 130 valence electrons. The summed E-state index contributed by atoms with van der Waals surface area (Å²) >= 11 is 0. The van der Waals surface area contributed by atoms with Gasteiger partial charge in [-0.05, 0) is 33.1 Å². The molecule has 0 aliphatic carbocycles. The first kappa shape index (κ1) is 17.6. The van der Waals surface area contributed by atoms with Crippen molar-refractivity contribution in [2.75, 3.05) is 18.0 Å². The third kappa shape index (κ3) is 3.79. The van der Waals surface area contributed by atoms with Gasteiger partial charge in [0, 0.05) is 19.2 Å². The minimum Gasteiger partial charge on any atom is -0.459 e. The number of piperidine rings is 1. The van der Waals surface area contributed by atoms with Crippen LogP contribution < -0.4 is 4.90 Å². The summed E-state index contributed by atoms with van der Waals surface area (Å²) in [6, 6.07) is 1.96. The van der Waals surface area contributed by atoms with Crippen LogP contribution in [0.15, 0.2) is 12.1 Å². The Labute approximate surface area is 138 Å². The Morgan fingerprint density at radius 3 is 2.25 bits per heavy atom. The van der Waals surface area contributed by atoms with E-state index in [1.165, 1.54) is 0 Å². The minimum atomic E-state index is -0.794. The number of carbonyl (C=O) groups is 1. The summed E-state index contributed by atoms with van der Waals surface area (Å²) in [6.45, 7) is 4.40. The first-order valence-corrected chi connectivity index (χ1v) is 7.74. The van der Waals surface area contributed by atoms with Gasteiger partial charge in [0.05, 0.1) is 27.6 Å². The van der Waals surface area contributed by atoms with Gasteiger partial charge in [0.2, 0.25) is 0 Å². The third-order valence-electron chi connectivity index (χ3n) is 3.72. The van der Waals surface area contributed by atoms with Crippen molar-refractivity contribution in [2.24, 2.45) is 0 Å². The van der Waals surface area contributed by atoms with Crippen molar-refractivity contribution < 1.29 is 19.4 Å². The second-order valence-corrected chi connectivity index (χ2v) is 5.88. The number of non-ortho nitro benzene ring substituents is 1. The van der Waals surface area contributed by atoms with Gasteiger partial charge in [-0.2, -0.15) is 0 Å². The normalized spacial score (nSPS) is 14.5. The predicted molar refractivity (Wildman–Crippen MR) is 86.4 cm³/mol. The largest absolute Gasteiger partial charge is 0.459 e. The summed E-state index contributed by atoms with van der Waals surface area (Å²) in [6.07, 6.45) is 2.24. The summed E-state index contributed by atoms with van der Waals surface area (Å²) in [4.78, 5) is 35.2. The highest BCUT2D eigenvalue weighted by Crippen LogP contribution is 2.38. The van der Waals surface area contributed by atoms with Gasteiger partial charge >= 0.3 is 5.97 Å². The van der Waals surface area contributed by atoms with Crippen molar-refractivity contribution >= 4 is 23.0 Å². The van der Waals surface area contributed by atoms with Crippen molar-refractivity contribution in [3.63, 3.8) is 0 Å². The molecule has 1 aliphatic heterocycles. The van der Waals surface area contributed by atoms with E-state index in [9.17, 15) is 25.0 Å². The lowest BCUT2D eigenvalue weighted by atomic mass is 10.0. The van der Waals surface area contributed by atoms with E-state index in [1.54, 1.807) is 18.7 Å². The molecule has 1 aromatic carbocycles. The highest BCUT2D eigenvalue weighted by atomic mass is 16.6. The van der Waals surface area contributed by atoms with Gasteiger partial charge in [0.15, 0.2) is 0 Å². The highest BCUT2D eigenvalue weighted by molar-refractivity contribution is 5.99. The quantitative estimate of drug-likeness (QED) is 0.460. The van der Waals surface area contributed by atoms with E-state index < -0.39 is 33.3 Å². The molecule has 0 atom stereocenters. The Bertz CT molecular complexity index is 667. The summed E-state index contributed by atoms with van der Waals surface area (Å²) in [5, 5.41) is 22.5. The zero-order valence-corrected chi connectivity index (χ0v) is 13.6. The number of nitro benzene ring substituents is 2. The second kappa shape index (κ2) is 7.24. The number of anilines is 1. The molecule has 9 heteroatoms. The molecule has 0 bridgehead atoms. The fourth-order valence-corrected chi connectivity index (χ4v) is 2.73. The maximum absolute atomic E-state index is 12.4. The van der Waals surface area contributed by atoms with Crippen molar-refractivity contribution in [3.05, 3.63) is 37.9 Å². The van der Waals surface area contributed by atoms with Gasteiger partial charge in [-0.15, -0.1) is 0 Å². The van der Waals surface area contributed by atoms with Gasteiger partial charge < -0.3 is 9.64 Å². The molecule has 0 amide bonds. The molecule has 0 aromatic heterocycles. The zero-order valence-electron chi connectivity index (χ0n) is 13.6. The standard InChI is InChI=1S/C15H19N3O6/c1-10(2)24-15(19)12-8-11(17(20)21)9-13(18(22)23)14(12)16-6-4-3-5-7-16/h8-10H,3-7H2,1-2H3. The van der Waals surface area contributed by atoms with Crippen LogP contribution >= 0.6 is 0 Å². The molecule has 0 unspecified atom stereocenters. The average molecular weight is 337 g/mol. The number of benzene rings is 1. The van der Waals surface area contributed by atoms with Crippen molar-refractivity contribution in [1.29, 1.82) is 0 Å². The van der Waals surface area contributed by atoms with Crippen LogP contribution in [-0.2, 0) is 4.74 Å². The Morgan fingerprint density at radius 1 is 1.12 bits per heavy atom. The first-order valence-electron chi connectivity index (χ1n) is 7.74. The molecule has 1 saturated heterocycles. The van der Waals surface area contributed by atoms with Crippen molar-refractivity contribution in [2.45, 2.75) is 39.2 Å². The number of hydrogen-bond donors (Lipinski definition) is 0. The van der Waals surface area contributed by atoms with Gasteiger partial charge in [0.25, 0.3) is 11.4 Å². The summed E-state index contributed by atoms with van der Waals surface area (Å²) in [5.41, 5.74) is -0.970. The van der Waals surface area contributed by atoms with Crippen LogP contribution in [-0.4, -0.2) is 35.0 Å². The van der Waals surface area contributed by atoms with Crippen LogP contribution in [0.1, 0.15) is 43.5 Å². The van der Waals surface area contributed by atoms with E-state index in [-0.39, 0.29) is 11.3 Å². The molecule has 0 radical (unpaired) electrons. The van der Waals surface area contributed by atoms with Crippen LogP contribution in [0, 0.1) is 20.2 Å². The Hall–Kier alpha value is -2.71. The van der Waals surface area contributed by atoms with Crippen LogP contribution in [0.3, 0.4) is 0 Å². The Balaban J connectivity index is 2.63. The molecule has 1 aliphatic rings. The van der Waals surface area contributed by atoms with E-state index in [4.69, 9.17) is 4.74 Å². The van der Waals surface area contributed by atoms with E-state index in [1.807, 2.05) is 0 Å². The van der Waals surface area contributed by atoms with Gasteiger partial charge in [0.1, 0.15) is 5.69 Å². The third-order valence-corrected chi connectivity index (χ3v) is 3.72. The van der Waals surface area contributed by atoms with Crippen molar-refractivity contribution in [3.8, 4) is 0 Å². The molecule has 9 nitrogen and oxygen atoms in total. The lowest BCUT2D eigenvalue weighted by molar-refractivity contribution is -0.393. The molecule has 2 rings (SSSR count). The van der Waals surface area contributed by atoms with E-state index in [0.29, 0.717) is 13.1 Å². The first-order chi connectivity index (χ1) is 11.3. The zero-order chi connectivity index (χ0) is 17.9. The summed E-state index contributed by atoms with van der Waals surface area (Å²) in [5.74, 6) is -0.794. The molecular weight excluding hydrogens is 318 g/mol. The SMILES string of the molecule is CC(C)OC(=O)c1cc([N+](=O)[O-])cc([N+](=O)[O-])c1N1CCCCC1. The monoisotopic (exact) mass is 337 g/mol. The van der Waals surface area contributed by atoms with E-state index in [2.05, 4.69) is 0 Å². The number of nitrogens with zero attached hydrogens (tertiary/aromatic N) is 3. The molecule has 0 saturated carbocycles. The van der Waals surface area contributed by atoms with E-state index >= 15 is 0 Å². The average Bonchev–Trinajstić information content (AvgIpc) is 2.53. The lowest BCUT2D eigenvalue weighted by Crippen LogP contribution is -2.32. The number of nitro groups is 2. The molecule has 1 aromatic rings. The second-order valence-electron chi connectivity index (χ2n) is 5.88. The van der Waals surface area contributed by atoms with Crippen molar-refractivity contribution in [1.82, 2.24) is 0 Å². The number of hydrogen-bond acceptors (Lipinski definition) is 7. The Morgan fingerprint density at radius 2 is 1.75 bits per heavy atom. The molecule has 1 fully saturated rings. The smallest absolute Gasteiger partial charge is 0.341 e. The summed E-state index contributed by atoms with van der Waals surface area (Å²) in [7, 11) is 0. The molecule has 1 heterocycles. The van der Waals surface area contributed by atoms with Gasteiger partial charge in [-0.25, -0.2) is 4.79 Å². The molecular formula is C15H19N3O6. The lowest BCUT2D eigenvalue weighted by Gasteiger charge is -2.29. The summed E-state index contributed by atoms with van der Waals surface area (Å²) < 4.78 is 5.13.